The molecule has 1 aromatic carbocycles. The molecule has 23 heavy (non-hydrogen) atoms. The Hall–Kier alpha value is -3.16. The van der Waals surface area contributed by atoms with Crippen molar-refractivity contribution in [1.82, 2.24) is 25.5 Å². The van der Waals surface area contributed by atoms with Crippen LogP contribution < -0.4 is 10.6 Å². The molecule has 3 rings (SSSR count). The highest BCUT2D eigenvalue weighted by molar-refractivity contribution is 5.87. The smallest absolute Gasteiger partial charge is 0.323 e. The average molecular weight is 312 g/mol. The molecule has 1 atom stereocenters. The second-order valence-electron chi connectivity index (χ2n) is 5.00. The van der Waals surface area contributed by atoms with Gasteiger partial charge in [0.05, 0.1) is 6.20 Å². The van der Waals surface area contributed by atoms with Gasteiger partial charge in [0.15, 0.2) is 5.82 Å². The zero-order valence-electron chi connectivity index (χ0n) is 12.7. The van der Waals surface area contributed by atoms with E-state index in [0.29, 0.717) is 17.4 Å². The molecule has 0 bridgehead atoms. The number of amides is 2. The molecule has 0 unspecified atom stereocenters. The zero-order chi connectivity index (χ0) is 16.2. The summed E-state index contributed by atoms with van der Waals surface area (Å²) in [5, 5.41) is 12.3. The average Bonchev–Trinajstić information content (AvgIpc) is 3.14. The second kappa shape index (κ2) is 6.30. The van der Waals surface area contributed by atoms with Crippen LogP contribution in [0, 0.1) is 13.8 Å². The molecule has 118 valence electrons. The van der Waals surface area contributed by atoms with E-state index in [1.165, 1.54) is 6.20 Å². The molecule has 8 heteroatoms. The number of carbonyl (C=O) groups is 1. The first-order valence-electron chi connectivity index (χ1n) is 7.05. The predicted octanol–water partition coefficient (Wildman–Crippen LogP) is 2.32. The molecule has 8 nitrogen and oxygen atoms in total. The van der Waals surface area contributed by atoms with Gasteiger partial charge in [-0.1, -0.05) is 30.3 Å². The molecule has 0 saturated heterocycles. The van der Waals surface area contributed by atoms with E-state index in [2.05, 4.69) is 30.8 Å². The van der Waals surface area contributed by atoms with Crippen molar-refractivity contribution in [2.75, 3.05) is 5.32 Å². The lowest BCUT2D eigenvalue weighted by Crippen LogP contribution is -2.34. The highest BCUT2D eigenvalue weighted by Crippen LogP contribution is 2.19. The predicted molar refractivity (Wildman–Crippen MR) is 82.8 cm³/mol. The van der Waals surface area contributed by atoms with Crippen molar-refractivity contribution in [3.63, 3.8) is 0 Å². The fraction of sp³-hybridized carbons (Fsp3) is 0.200. The third-order valence-corrected chi connectivity index (χ3v) is 3.12. The molecule has 2 amide bonds. The van der Waals surface area contributed by atoms with E-state index in [-0.39, 0.29) is 6.01 Å². The molecular weight excluding hydrogens is 296 g/mol. The lowest BCUT2D eigenvalue weighted by molar-refractivity contribution is 0.249. The van der Waals surface area contributed by atoms with Crippen molar-refractivity contribution < 1.29 is 9.21 Å². The van der Waals surface area contributed by atoms with Crippen LogP contribution in [0.5, 0.6) is 0 Å². The van der Waals surface area contributed by atoms with Crippen LogP contribution in [0.1, 0.15) is 29.0 Å². The van der Waals surface area contributed by atoms with Gasteiger partial charge >= 0.3 is 12.0 Å². The van der Waals surface area contributed by atoms with Crippen LogP contribution in [0.2, 0.25) is 0 Å². The van der Waals surface area contributed by atoms with Gasteiger partial charge in [0.25, 0.3) is 0 Å². The van der Waals surface area contributed by atoms with E-state index in [1.807, 2.05) is 30.3 Å². The highest BCUT2D eigenvalue weighted by atomic mass is 16.4. The maximum atomic E-state index is 12.2. The Morgan fingerprint density at radius 3 is 2.65 bits per heavy atom. The Labute approximate surface area is 132 Å². The van der Waals surface area contributed by atoms with E-state index in [0.717, 1.165) is 5.56 Å². The number of nitrogens with one attached hydrogen (secondary N) is 3. The summed E-state index contributed by atoms with van der Waals surface area (Å²) in [5.74, 6) is 1.77. The third-order valence-electron chi connectivity index (χ3n) is 3.12. The molecule has 0 radical (unpaired) electrons. The lowest BCUT2D eigenvalue weighted by atomic mass is 10.1. The van der Waals surface area contributed by atoms with Crippen LogP contribution in [0.15, 0.2) is 40.9 Å². The Morgan fingerprint density at radius 1 is 1.26 bits per heavy atom. The molecule has 0 spiro atoms. The van der Waals surface area contributed by atoms with Gasteiger partial charge in [-0.25, -0.2) is 14.8 Å². The van der Waals surface area contributed by atoms with Crippen molar-refractivity contribution in [2.45, 2.75) is 19.9 Å². The van der Waals surface area contributed by atoms with E-state index >= 15 is 0 Å². The minimum absolute atomic E-state index is 0.137. The van der Waals surface area contributed by atoms with E-state index in [1.54, 1.807) is 13.8 Å². The van der Waals surface area contributed by atoms with Gasteiger partial charge in [0.1, 0.15) is 17.6 Å². The summed E-state index contributed by atoms with van der Waals surface area (Å²) in [6.07, 6.45) is 1.53. The summed E-state index contributed by atoms with van der Waals surface area (Å²) >= 11 is 0. The van der Waals surface area contributed by atoms with Gasteiger partial charge in [0, 0.05) is 0 Å². The highest BCUT2D eigenvalue weighted by Gasteiger charge is 2.21. The SMILES string of the molecule is Cc1nc([C@@H](NC(=O)Nc2ncc(C)o2)c2ccccc2)n[nH]1. The van der Waals surface area contributed by atoms with Crippen LogP contribution in [-0.2, 0) is 0 Å². The fourth-order valence-electron chi connectivity index (χ4n) is 2.11. The third kappa shape index (κ3) is 3.54. The number of rotatable bonds is 4. The number of aromatic amines is 1. The van der Waals surface area contributed by atoms with Gasteiger partial charge in [-0.15, -0.1) is 0 Å². The second-order valence-corrected chi connectivity index (χ2v) is 5.00. The Balaban J connectivity index is 1.80. The van der Waals surface area contributed by atoms with Gasteiger partial charge in [0.2, 0.25) is 0 Å². The Bertz CT molecular complexity index is 795. The molecule has 0 aliphatic rings. The normalized spacial score (nSPS) is 11.9. The van der Waals surface area contributed by atoms with Crippen LogP contribution >= 0.6 is 0 Å². The monoisotopic (exact) mass is 312 g/mol. The minimum Gasteiger partial charge on any atom is -0.429 e. The molecule has 3 aromatic rings. The number of hydrogen-bond donors (Lipinski definition) is 3. The summed E-state index contributed by atoms with van der Waals surface area (Å²) < 4.78 is 5.23. The number of urea groups is 1. The summed E-state index contributed by atoms with van der Waals surface area (Å²) in [6.45, 7) is 3.55. The number of aromatic nitrogens is 4. The molecule has 2 aromatic heterocycles. The Morgan fingerprint density at radius 2 is 2.04 bits per heavy atom. The minimum atomic E-state index is -0.489. The van der Waals surface area contributed by atoms with Crippen molar-refractivity contribution in [3.05, 3.63) is 59.5 Å². The fourth-order valence-corrected chi connectivity index (χ4v) is 2.11. The summed E-state index contributed by atoms with van der Waals surface area (Å²) in [7, 11) is 0. The molecule has 0 aliphatic heterocycles. The van der Waals surface area contributed by atoms with E-state index < -0.39 is 12.1 Å². The van der Waals surface area contributed by atoms with Gasteiger partial charge in [-0.2, -0.15) is 5.10 Å². The lowest BCUT2D eigenvalue weighted by Gasteiger charge is -2.16. The molecule has 2 heterocycles. The molecule has 3 N–H and O–H groups in total. The van der Waals surface area contributed by atoms with E-state index in [4.69, 9.17) is 4.42 Å². The quantitative estimate of drug-likeness (QED) is 0.685. The first kappa shape index (κ1) is 14.8. The van der Waals surface area contributed by atoms with Crippen molar-refractivity contribution in [1.29, 1.82) is 0 Å². The van der Waals surface area contributed by atoms with Crippen molar-refractivity contribution in [3.8, 4) is 0 Å². The van der Waals surface area contributed by atoms with Gasteiger partial charge in [-0.3, -0.25) is 10.4 Å². The number of oxazole rings is 1. The first-order valence-corrected chi connectivity index (χ1v) is 7.05. The molecule has 0 saturated carbocycles. The van der Waals surface area contributed by atoms with Crippen LogP contribution in [0.3, 0.4) is 0 Å². The first-order chi connectivity index (χ1) is 11.1. The number of nitrogens with zero attached hydrogens (tertiary/aromatic N) is 3. The number of anilines is 1. The van der Waals surface area contributed by atoms with Crippen molar-refractivity contribution in [2.24, 2.45) is 0 Å². The molecular formula is C15H16N6O2. The number of carbonyl (C=O) groups excluding carboxylic acids is 1. The van der Waals surface area contributed by atoms with E-state index in [9.17, 15) is 4.79 Å². The largest absolute Gasteiger partial charge is 0.429 e. The maximum Gasteiger partial charge on any atom is 0.323 e. The number of benzene rings is 1. The maximum absolute atomic E-state index is 12.2. The number of aryl methyl sites for hydroxylation is 2. The Kier molecular flexibility index (Phi) is 4.05. The topological polar surface area (TPSA) is 109 Å². The molecule has 0 aliphatic carbocycles. The van der Waals surface area contributed by atoms with Gasteiger partial charge < -0.3 is 9.73 Å². The zero-order valence-corrected chi connectivity index (χ0v) is 12.7. The number of hydrogen-bond acceptors (Lipinski definition) is 5. The van der Waals surface area contributed by atoms with Crippen LogP contribution in [-0.4, -0.2) is 26.2 Å². The summed E-state index contributed by atoms with van der Waals surface area (Å²) in [6, 6.07) is 8.66. The summed E-state index contributed by atoms with van der Waals surface area (Å²) in [5.41, 5.74) is 0.866. The molecule has 0 fully saturated rings. The van der Waals surface area contributed by atoms with Crippen molar-refractivity contribution >= 4 is 12.0 Å². The number of H-pyrrole nitrogens is 1. The van der Waals surface area contributed by atoms with Crippen LogP contribution in [0.25, 0.3) is 0 Å². The standard InChI is InChI=1S/C15H16N6O2/c1-9-8-16-15(23-9)19-14(22)18-12(11-6-4-3-5-7-11)13-17-10(2)20-21-13/h3-8,12H,1-2H3,(H,17,20,21)(H2,16,18,19,22)/t12-/m0/s1. The van der Waals surface area contributed by atoms with Crippen LogP contribution in [0.4, 0.5) is 10.8 Å². The summed E-state index contributed by atoms with van der Waals surface area (Å²) in [4.78, 5) is 20.4. The van der Waals surface area contributed by atoms with Gasteiger partial charge in [-0.05, 0) is 19.4 Å².